The molecule has 1 saturated carbocycles. The van der Waals surface area contributed by atoms with Crippen LogP contribution in [0.15, 0.2) is 0 Å². The van der Waals surface area contributed by atoms with Gasteiger partial charge in [-0.1, -0.05) is 13.8 Å². The molecule has 1 amide bonds. The van der Waals surface area contributed by atoms with Crippen molar-refractivity contribution in [1.29, 1.82) is 0 Å². The molecule has 86 valence electrons. The molecule has 2 aliphatic rings. The molecule has 4 heteroatoms. The lowest BCUT2D eigenvalue weighted by molar-refractivity contribution is -0.133. The van der Waals surface area contributed by atoms with Crippen molar-refractivity contribution in [2.45, 2.75) is 38.8 Å². The van der Waals surface area contributed by atoms with E-state index in [0.29, 0.717) is 19.6 Å². The Morgan fingerprint density at radius 1 is 1.53 bits per heavy atom. The van der Waals surface area contributed by atoms with Gasteiger partial charge in [-0.2, -0.15) is 0 Å². The number of nitrogens with one attached hydrogen (secondary N) is 1. The monoisotopic (exact) mass is 213 g/mol. The molecule has 0 aromatic rings. The molecule has 1 aliphatic heterocycles. The maximum absolute atomic E-state index is 11.8. The predicted octanol–water partition coefficient (Wildman–Crippen LogP) is 0.298. The zero-order valence-electron chi connectivity index (χ0n) is 9.32. The second-order valence-corrected chi connectivity index (χ2v) is 5.19. The highest BCUT2D eigenvalue weighted by Crippen LogP contribution is 2.40. The highest BCUT2D eigenvalue weighted by atomic mass is 16.5. The van der Waals surface area contributed by atoms with Crippen LogP contribution in [0.25, 0.3) is 0 Å². The molecule has 2 fully saturated rings. The number of amides is 1. The third-order valence-corrected chi connectivity index (χ3v) is 3.83. The highest BCUT2D eigenvalue weighted by Gasteiger charge is 2.48. The smallest absolute Gasteiger partial charge is 0.225 e. The van der Waals surface area contributed by atoms with Gasteiger partial charge in [-0.15, -0.1) is 0 Å². The second-order valence-electron chi connectivity index (χ2n) is 5.19. The number of carbonyl (C=O) groups excluding carboxylic acids is 1. The summed E-state index contributed by atoms with van der Waals surface area (Å²) in [6.07, 6.45) is 1.20. The summed E-state index contributed by atoms with van der Waals surface area (Å²) < 4.78 is 5.17. The van der Waals surface area contributed by atoms with Crippen molar-refractivity contribution in [2.24, 2.45) is 11.3 Å². The van der Waals surface area contributed by atoms with E-state index in [0.717, 1.165) is 6.42 Å². The zero-order valence-corrected chi connectivity index (χ0v) is 9.32. The topological polar surface area (TPSA) is 58.6 Å². The van der Waals surface area contributed by atoms with E-state index in [1.807, 2.05) is 13.8 Å². The molecule has 0 radical (unpaired) electrons. The number of aliphatic hydroxyl groups excluding tert-OH is 1. The Morgan fingerprint density at radius 3 is 2.73 bits per heavy atom. The molecule has 1 heterocycles. The first-order valence-corrected chi connectivity index (χ1v) is 5.58. The van der Waals surface area contributed by atoms with Crippen LogP contribution in [0.5, 0.6) is 0 Å². The number of carbonyl (C=O) groups is 1. The lowest BCUT2D eigenvalue weighted by Crippen LogP contribution is -2.61. The van der Waals surface area contributed by atoms with Gasteiger partial charge in [0, 0.05) is 18.1 Å². The van der Waals surface area contributed by atoms with E-state index in [-0.39, 0.29) is 29.4 Å². The van der Waals surface area contributed by atoms with Crippen LogP contribution in [-0.2, 0) is 9.53 Å². The lowest BCUT2D eigenvalue weighted by atomic mass is 9.64. The minimum absolute atomic E-state index is 0.0125. The molecule has 0 spiro atoms. The number of aliphatic hydroxyl groups is 1. The van der Waals surface area contributed by atoms with Crippen LogP contribution >= 0.6 is 0 Å². The van der Waals surface area contributed by atoms with E-state index in [1.165, 1.54) is 0 Å². The van der Waals surface area contributed by atoms with E-state index < -0.39 is 0 Å². The van der Waals surface area contributed by atoms with Crippen molar-refractivity contribution < 1.29 is 14.6 Å². The second kappa shape index (κ2) is 3.76. The van der Waals surface area contributed by atoms with Gasteiger partial charge in [-0.25, -0.2) is 0 Å². The zero-order chi connectivity index (χ0) is 11.1. The molecule has 15 heavy (non-hydrogen) atoms. The van der Waals surface area contributed by atoms with Gasteiger partial charge in [-0.05, 0) is 12.8 Å². The van der Waals surface area contributed by atoms with Crippen molar-refractivity contribution in [3.05, 3.63) is 0 Å². The molecule has 2 rings (SSSR count). The van der Waals surface area contributed by atoms with Crippen LogP contribution in [0.3, 0.4) is 0 Å². The summed E-state index contributed by atoms with van der Waals surface area (Å²) in [5.74, 6) is 0.0935. The largest absolute Gasteiger partial charge is 0.392 e. The standard InChI is InChI=1S/C11H19NO3/c1-11(2)8(5-9(11)13)12-10(14)7-3-4-15-6-7/h7-9,13H,3-6H2,1-2H3,(H,12,14). The van der Waals surface area contributed by atoms with Crippen molar-refractivity contribution in [3.63, 3.8) is 0 Å². The number of ether oxygens (including phenoxy) is 1. The molecule has 1 saturated heterocycles. The SMILES string of the molecule is CC1(C)C(O)CC1NC(=O)C1CCOC1. The van der Waals surface area contributed by atoms with Gasteiger partial charge in [0.15, 0.2) is 0 Å². The molecule has 1 aliphatic carbocycles. The first-order chi connectivity index (χ1) is 7.01. The summed E-state index contributed by atoms with van der Waals surface area (Å²) >= 11 is 0. The van der Waals surface area contributed by atoms with Crippen molar-refractivity contribution in [1.82, 2.24) is 5.32 Å². The van der Waals surface area contributed by atoms with Crippen LogP contribution in [0.4, 0.5) is 0 Å². The van der Waals surface area contributed by atoms with Gasteiger partial charge in [0.1, 0.15) is 0 Å². The van der Waals surface area contributed by atoms with Crippen LogP contribution in [0, 0.1) is 11.3 Å². The van der Waals surface area contributed by atoms with Crippen molar-refractivity contribution in [2.75, 3.05) is 13.2 Å². The molecular weight excluding hydrogens is 194 g/mol. The summed E-state index contributed by atoms with van der Waals surface area (Å²) in [7, 11) is 0. The van der Waals surface area contributed by atoms with Crippen LogP contribution < -0.4 is 5.32 Å². The summed E-state index contributed by atoms with van der Waals surface area (Å²) in [6, 6.07) is 0.112. The van der Waals surface area contributed by atoms with Crippen molar-refractivity contribution >= 4 is 5.91 Å². The number of hydrogen-bond donors (Lipinski definition) is 2. The first kappa shape index (κ1) is 10.9. The van der Waals surface area contributed by atoms with Gasteiger partial charge < -0.3 is 15.2 Å². The third-order valence-electron chi connectivity index (χ3n) is 3.83. The fraction of sp³-hybridized carbons (Fsp3) is 0.909. The maximum atomic E-state index is 11.8. The Labute approximate surface area is 90.0 Å². The van der Waals surface area contributed by atoms with E-state index >= 15 is 0 Å². The predicted molar refractivity (Wildman–Crippen MR) is 55.3 cm³/mol. The van der Waals surface area contributed by atoms with E-state index in [9.17, 15) is 9.90 Å². The van der Waals surface area contributed by atoms with E-state index in [2.05, 4.69) is 5.32 Å². The van der Waals surface area contributed by atoms with Gasteiger partial charge in [0.25, 0.3) is 0 Å². The lowest BCUT2D eigenvalue weighted by Gasteiger charge is -2.49. The molecule has 0 aromatic heterocycles. The Bertz CT molecular complexity index is 259. The van der Waals surface area contributed by atoms with Gasteiger partial charge in [0.2, 0.25) is 5.91 Å². The first-order valence-electron chi connectivity index (χ1n) is 5.58. The average Bonchev–Trinajstić information content (AvgIpc) is 2.70. The van der Waals surface area contributed by atoms with E-state index in [4.69, 9.17) is 4.74 Å². The maximum Gasteiger partial charge on any atom is 0.225 e. The Balaban J connectivity index is 1.85. The highest BCUT2D eigenvalue weighted by molar-refractivity contribution is 5.79. The summed E-state index contributed by atoms with van der Waals surface area (Å²) in [5.41, 5.74) is -0.185. The fourth-order valence-corrected chi connectivity index (χ4v) is 2.18. The van der Waals surface area contributed by atoms with Gasteiger partial charge >= 0.3 is 0 Å². The average molecular weight is 213 g/mol. The van der Waals surface area contributed by atoms with E-state index in [1.54, 1.807) is 0 Å². The Kier molecular flexibility index (Phi) is 2.73. The van der Waals surface area contributed by atoms with Crippen LogP contribution in [-0.4, -0.2) is 36.4 Å². The molecular formula is C11H19NO3. The number of hydrogen-bond acceptors (Lipinski definition) is 3. The summed E-state index contributed by atoms with van der Waals surface area (Å²) in [6.45, 7) is 5.20. The summed E-state index contributed by atoms with van der Waals surface area (Å²) in [5, 5.41) is 12.5. The Hall–Kier alpha value is -0.610. The molecule has 3 atom stereocenters. The molecule has 3 unspecified atom stereocenters. The summed E-state index contributed by atoms with van der Waals surface area (Å²) in [4.78, 5) is 11.8. The quantitative estimate of drug-likeness (QED) is 0.693. The third kappa shape index (κ3) is 1.88. The van der Waals surface area contributed by atoms with Crippen molar-refractivity contribution in [3.8, 4) is 0 Å². The minimum atomic E-state index is -0.289. The fourth-order valence-electron chi connectivity index (χ4n) is 2.18. The van der Waals surface area contributed by atoms with Gasteiger partial charge in [0.05, 0.1) is 18.6 Å². The molecule has 2 N–H and O–H groups in total. The Morgan fingerprint density at radius 2 is 2.27 bits per heavy atom. The van der Waals surface area contributed by atoms with Crippen LogP contribution in [0.1, 0.15) is 26.7 Å². The number of rotatable bonds is 2. The normalized spacial score (nSPS) is 38.5. The molecule has 0 bridgehead atoms. The minimum Gasteiger partial charge on any atom is -0.392 e. The molecule has 0 aromatic carbocycles. The van der Waals surface area contributed by atoms with Crippen LogP contribution in [0.2, 0.25) is 0 Å². The van der Waals surface area contributed by atoms with Gasteiger partial charge in [-0.3, -0.25) is 4.79 Å². The molecule has 4 nitrogen and oxygen atoms in total.